The van der Waals surface area contributed by atoms with E-state index >= 15 is 0 Å². The van der Waals surface area contributed by atoms with Gasteiger partial charge in [-0.3, -0.25) is 14.5 Å². The van der Waals surface area contributed by atoms with E-state index in [4.69, 9.17) is 4.74 Å². The standard InChI is InChI=1S/C26H26FN3O3S/c1-18(31)30(24-11-4-3-10-23(24)27)26-28-20(17-34-26)12-13-25(32)29-14-6-8-21(29)15-19-7-5-9-22(16-19)33-2/h3-5,7,9-13,16-17,21H,6,8,14-15H2,1-2H3/b13-12+. The van der Waals surface area contributed by atoms with Crippen LogP contribution < -0.4 is 9.64 Å². The maximum absolute atomic E-state index is 14.3. The van der Waals surface area contributed by atoms with Crippen molar-refractivity contribution >= 4 is 40.0 Å². The van der Waals surface area contributed by atoms with Gasteiger partial charge in [0.1, 0.15) is 11.6 Å². The maximum Gasteiger partial charge on any atom is 0.246 e. The number of para-hydroxylation sites is 1. The fraction of sp³-hybridized carbons (Fsp3) is 0.269. The molecule has 0 saturated carbocycles. The predicted molar refractivity (Wildman–Crippen MR) is 132 cm³/mol. The summed E-state index contributed by atoms with van der Waals surface area (Å²) in [5.74, 6) is -0.111. The van der Waals surface area contributed by atoms with Crippen molar-refractivity contribution < 1.29 is 18.7 Å². The number of halogens is 1. The molecule has 4 rings (SSSR count). The van der Waals surface area contributed by atoms with Crippen molar-refractivity contribution in [2.75, 3.05) is 18.6 Å². The number of ether oxygens (including phenoxy) is 1. The Morgan fingerprint density at radius 3 is 2.85 bits per heavy atom. The van der Waals surface area contributed by atoms with Gasteiger partial charge >= 0.3 is 0 Å². The second-order valence-corrected chi connectivity index (χ2v) is 8.91. The van der Waals surface area contributed by atoms with E-state index in [2.05, 4.69) is 4.98 Å². The Morgan fingerprint density at radius 1 is 1.26 bits per heavy atom. The number of hydrogen-bond acceptors (Lipinski definition) is 5. The highest BCUT2D eigenvalue weighted by molar-refractivity contribution is 7.14. The van der Waals surface area contributed by atoms with Crippen LogP contribution in [0.3, 0.4) is 0 Å². The summed E-state index contributed by atoms with van der Waals surface area (Å²) in [6.45, 7) is 2.08. The number of hydrogen-bond donors (Lipinski definition) is 0. The third kappa shape index (κ3) is 5.34. The van der Waals surface area contributed by atoms with Gasteiger partial charge in [0.15, 0.2) is 5.13 Å². The van der Waals surface area contributed by atoms with Gasteiger partial charge in [-0.15, -0.1) is 11.3 Å². The number of likely N-dealkylation sites (tertiary alicyclic amines) is 1. The molecule has 0 bridgehead atoms. The number of anilines is 2. The van der Waals surface area contributed by atoms with E-state index in [0.717, 1.165) is 30.6 Å². The molecule has 1 saturated heterocycles. The molecule has 0 N–H and O–H groups in total. The molecule has 0 aliphatic carbocycles. The predicted octanol–water partition coefficient (Wildman–Crippen LogP) is 5.22. The zero-order valence-electron chi connectivity index (χ0n) is 19.1. The second-order valence-electron chi connectivity index (χ2n) is 8.08. The third-order valence-electron chi connectivity index (χ3n) is 5.77. The Hall–Kier alpha value is -3.52. The van der Waals surface area contributed by atoms with Crippen LogP contribution in [0.1, 0.15) is 31.0 Å². The van der Waals surface area contributed by atoms with Gasteiger partial charge in [0.25, 0.3) is 0 Å². The molecule has 1 aromatic heterocycles. The first kappa shape index (κ1) is 23.6. The van der Waals surface area contributed by atoms with Crippen molar-refractivity contribution in [3.8, 4) is 5.75 Å². The molecule has 0 spiro atoms. The molecule has 0 radical (unpaired) electrons. The zero-order chi connectivity index (χ0) is 24.1. The number of rotatable bonds is 7. The Morgan fingerprint density at radius 2 is 2.09 bits per heavy atom. The van der Waals surface area contributed by atoms with Gasteiger partial charge in [0.05, 0.1) is 18.5 Å². The number of benzene rings is 2. The molecular weight excluding hydrogens is 453 g/mol. The van der Waals surface area contributed by atoms with Crippen molar-refractivity contribution in [3.63, 3.8) is 0 Å². The largest absolute Gasteiger partial charge is 0.497 e. The molecule has 2 amide bonds. The minimum absolute atomic E-state index is 0.0718. The highest BCUT2D eigenvalue weighted by atomic mass is 32.1. The molecule has 2 heterocycles. The SMILES string of the molecule is COc1cccc(CC2CCCN2C(=O)/C=C/c2csc(N(C(C)=O)c3ccccc3F)n2)c1. The Labute approximate surface area is 202 Å². The normalized spacial score (nSPS) is 15.6. The summed E-state index contributed by atoms with van der Waals surface area (Å²) >= 11 is 1.22. The highest BCUT2D eigenvalue weighted by Gasteiger charge is 2.27. The lowest BCUT2D eigenvalue weighted by Crippen LogP contribution is -2.35. The molecule has 1 fully saturated rings. The average molecular weight is 480 g/mol. The van der Waals surface area contributed by atoms with E-state index in [1.807, 2.05) is 29.2 Å². The summed E-state index contributed by atoms with van der Waals surface area (Å²) in [5, 5.41) is 2.09. The Balaban J connectivity index is 1.45. The van der Waals surface area contributed by atoms with Gasteiger partial charge < -0.3 is 9.64 Å². The number of carbonyl (C=O) groups is 2. The number of nitrogens with zero attached hydrogens (tertiary/aromatic N) is 3. The van der Waals surface area contributed by atoms with E-state index in [1.54, 1.807) is 30.7 Å². The van der Waals surface area contributed by atoms with Gasteiger partial charge in [0, 0.05) is 31.0 Å². The van der Waals surface area contributed by atoms with Gasteiger partial charge in [-0.25, -0.2) is 9.37 Å². The van der Waals surface area contributed by atoms with Crippen LogP contribution in [-0.2, 0) is 16.0 Å². The van der Waals surface area contributed by atoms with E-state index < -0.39 is 5.82 Å². The summed E-state index contributed by atoms with van der Waals surface area (Å²) in [7, 11) is 1.64. The molecule has 176 valence electrons. The van der Waals surface area contributed by atoms with Crippen molar-refractivity contribution in [1.82, 2.24) is 9.88 Å². The van der Waals surface area contributed by atoms with Crippen molar-refractivity contribution in [3.05, 3.63) is 77.1 Å². The van der Waals surface area contributed by atoms with Crippen LogP contribution >= 0.6 is 11.3 Å². The summed E-state index contributed by atoms with van der Waals surface area (Å²) in [5.41, 5.74) is 1.82. The van der Waals surface area contributed by atoms with E-state index in [0.29, 0.717) is 17.4 Å². The van der Waals surface area contributed by atoms with Gasteiger partial charge in [-0.1, -0.05) is 24.3 Å². The van der Waals surface area contributed by atoms with Crippen molar-refractivity contribution in [2.45, 2.75) is 32.2 Å². The molecular formula is C26H26FN3O3S. The lowest BCUT2D eigenvalue weighted by molar-refractivity contribution is -0.126. The van der Waals surface area contributed by atoms with Crippen LogP contribution in [0, 0.1) is 5.82 Å². The summed E-state index contributed by atoms with van der Waals surface area (Å²) in [6, 6.07) is 14.1. The minimum atomic E-state index is -0.503. The van der Waals surface area contributed by atoms with Crippen LogP contribution in [0.5, 0.6) is 5.75 Å². The van der Waals surface area contributed by atoms with Crippen LogP contribution in [-0.4, -0.2) is 41.4 Å². The minimum Gasteiger partial charge on any atom is -0.497 e. The zero-order valence-corrected chi connectivity index (χ0v) is 19.9. The molecule has 1 aliphatic rings. The van der Waals surface area contributed by atoms with Crippen molar-refractivity contribution in [1.29, 1.82) is 0 Å². The monoisotopic (exact) mass is 479 g/mol. The average Bonchev–Trinajstić information content (AvgIpc) is 3.49. The van der Waals surface area contributed by atoms with Crippen LogP contribution in [0.25, 0.3) is 6.08 Å². The molecule has 8 heteroatoms. The van der Waals surface area contributed by atoms with Gasteiger partial charge in [-0.2, -0.15) is 0 Å². The van der Waals surface area contributed by atoms with Gasteiger partial charge in [0.2, 0.25) is 11.8 Å². The summed E-state index contributed by atoms with van der Waals surface area (Å²) in [4.78, 5) is 32.7. The molecule has 1 unspecified atom stereocenters. The van der Waals surface area contributed by atoms with Crippen LogP contribution in [0.2, 0.25) is 0 Å². The summed E-state index contributed by atoms with van der Waals surface area (Å²) < 4.78 is 19.6. The molecule has 1 atom stereocenters. The Bertz CT molecular complexity index is 1210. The fourth-order valence-electron chi connectivity index (χ4n) is 4.16. The number of aromatic nitrogens is 1. The third-order valence-corrected chi connectivity index (χ3v) is 6.62. The lowest BCUT2D eigenvalue weighted by atomic mass is 10.0. The number of methoxy groups -OCH3 is 1. The van der Waals surface area contributed by atoms with Crippen molar-refractivity contribution in [2.24, 2.45) is 0 Å². The first-order chi connectivity index (χ1) is 16.5. The first-order valence-corrected chi connectivity index (χ1v) is 12.0. The highest BCUT2D eigenvalue weighted by Crippen LogP contribution is 2.31. The Kier molecular flexibility index (Phi) is 7.37. The molecule has 2 aromatic carbocycles. The summed E-state index contributed by atoms with van der Waals surface area (Å²) in [6.07, 6.45) is 5.85. The molecule has 3 aromatic rings. The van der Waals surface area contributed by atoms with Gasteiger partial charge in [-0.05, 0) is 55.2 Å². The smallest absolute Gasteiger partial charge is 0.246 e. The topological polar surface area (TPSA) is 62.7 Å². The maximum atomic E-state index is 14.3. The molecule has 6 nitrogen and oxygen atoms in total. The van der Waals surface area contributed by atoms with Crippen LogP contribution in [0.15, 0.2) is 60.0 Å². The fourth-order valence-corrected chi connectivity index (χ4v) is 5.01. The number of carbonyl (C=O) groups excluding carboxylic acids is 2. The molecule has 1 aliphatic heterocycles. The van der Waals surface area contributed by atoms with Crippen LogP contribution in [0.4, 0.5) is 15.2 Å². The molecule has 34 heavy (non-hydrogen) atoms. The van der Waals surface area contributed by atoms with E-state index in [1.165, 1.54) is 41.4 Å². The first-order valence-electron chi connectivity index (χ1n) is 11.1. The van der Waals surface area contributed by atoms with E-state index in [-0.39, 0.29) is 23.5 Å². The number of amides is 2. The quantitative estimate of drug-likeness (QED) is 0.436. The number of thiazole rings is 1. The lowest BCUT2D eigenvalue weighted by Gasteiger charge is -2.23. The van der Waals surface area contributed by atoms with E-state index in [9.17, 15) is 14.0 Å². The second kappa shape index (κ2) is 10.6.